The number of aromatic carboxylic acids is 3. The third-order valence-corrected chi connectivity index (χ3v) is 13.7. The van der Waals surface area contributed by atoms with Crippen molar-refractivity contribution in [3.63, 3.8) is 0 Å². The minimum Gasteiger partial charge on any atom is -0.497 e. The molecule has 0 saturated carbocycles. The standard InChI is InChI=1S/C30H18F6O9.C30H12F6O6.H2O4S/c1-43-17-8-2-14(3-9-17)20-23(26(37)38)21(15-4-10-18(11-5-15)44-29(31,32)33)25(28(41)42)22(24(20)27(39)40)16-6-12-19(13-7-16)45-30(34,35)36;1-40-11-2-5-14-17(8-11)26(37)23-20(14)24-22(16-7-4-13(42-30(34,35)36)10-19(16)27(24)38)25-21(23)15-6-3-12(41-29(31,32)33)9-18(15)28(25)39;1-5(2,3)4/h2-13H,1H3,(H,37,38)(H,39,40)(H,41,42);2-10H,1H3;(H2,1,2,3,4). The summed E-state index contributed by atoms with van der Waals surface area (Å²) in [6.07, 6.45) is -20.2. The Balaban J connectivity index is 0.000000203. The van der Waals surface area contributed by atoms with Gasteiger partial charge < -0.3 is 43.7 Å². The van der Waals surface area contributed by atoms with Crippen LogP contribution in [0.15, 0.2) is 142 Å². The van der Waals surface area contributed by atoms with Crippen LogP contribution in [0.25, 0.3) is 98.0 Å². The van der Waals surface area contributed by atoms with Crippen molar-refractivity contribution in [2.45, 2.75) is 25.4 Å². The van der Waals surface area contributed by atoms with E-state index in [2.05, 4.69) is 18.9 Å². The van der Waals surface area contributed by atoms with E-state index in [1.165, 1.54) is 56.7 Å². The first-order valence-corrected chi connectivity index (χ1v) is 26.5. The Morgan fingerprint density at radius 3 is 0.793 bits per heavy atom. The summed E-state index contributed by atoms with van der Waals surface area (Å²) in [5.41, 5.74) is -6.91. The fraction of sp³-hybridized carbons (Fsp3) is 0.100. The maximum Gasteiger partial charge on any atom is 0.573 e. The van der Waals surface area contributed by atoms with Gasteiger partial charge in [0.15, 0.2) is 16.3 Å². The van der Waals surface area contributed by atoms with Crippen LogP contribution in [0.4, 0.5) is 52.7 Å². The molecule has 11 aromatic rings. The monoisotopic (exact) mass is 1320 g/mol. The van der Waals surface area contributed by atoms with Crippen molar-refractivity contribution in [2.75, 3.05) is 14.2 Å². The Morgan fingerprint density at radius 1 is 0.337 bits per heavy atom. The van der Waals surface area contributed by atoms with E-state index in [9.17, 15) is 96.8 Å². The first-order valence-electron chi connectivity index (χ1n) is 25.1. The summed E-state index contributed by atoms with van der Waals surface area (Å²) in [5.74, 6) is -7.60. The minimum absolute atomic E-state index is 0.0171. The second kappa shape index (κ2) is 23.8. The quantitative estimate of drug-likeness (QED) is 0.0561. The molecule has 0 spiro atoms. The molecule has 0 aromatic heterocycles. The van der Waals surface area contributed by atoms with Crippen LogP contribution in [0.3, 0.4) is 0 Å². The average Bonchev–Trinajstić information content (AvgIpc) is 1.50. The summed E-state index contributed by atoms with van der Waals surface area (Å²) in [4.78, 5) is 80.1. The summed E-state index contributed by atoms with van der Waals surface area (Å²) in [5, 5.41) is 31.7. The molecule has 0 aliphatic heterocycles. The number of alkyl halides is 12. The van der Waals surface area contributed by atoms with Crippen LogP contribution in [0.2, 0.25) is 0 Å². The molecule has 11 rings (SSSR count). The van der Waals surface area contributed by atoms with Gasteiger partial charge in [0.1, 0.15) is 34.5 Å². The molecule has 0 aliphatic carbocycles. The van der Waals surface area contributed by atoms with Crippen LogP contribution in [0, 0.1) is 0 Å². The zero-order chi connectivity index (χ0) is 67.6. The minimum atomic E-state index is -5.08. The number of hydrogen-bond donors (Lipinski definition) is 5. The lowest BCUT2D eigenvalue weighted by molar-refractivity contribution is -0.275. The Morgan fingerprint density at radius 2 is 0.554 bits per heavy atom. The normalized spacial score (nSPS) is 12.2. The van der Waals surface area contributed by atoms with E-state index in [0.717, 1.165) is 72.8 Å². The van der Waals surface area contributed by atoms with Crippen molar-refractivity contribution in [1.29, 1.82) is 0 Å². The highest BCUT2D eigenvalue weighted by Crippen LogP contribution is 2.48. The summed E-state index contributed by atoms with van der Waals surface area (Å²) >= 11 is 0. The highest BCUT2D eigenvalue weighted by atomic mass is 32.3. The number of carboxylic acids is 3. The number of ether oxygens (including phenoxy) is 6. The predicted molar refractivity (Wildman–Crippen MR) is 301 cm³/mol. The van der Waals surface area contributed by atoms with Crippen molar-refractivity contribution in [2.24, 2.45) is 0 Å². The van der Waals surface area contributed by atoms with Crippen LogP contribution in [0.1, 0.15) is 31.1 Å². The molecule has 0 bridgehead atoms. The molecular weight excluding hydrogens is 1280 g/mol. The number of carboxylic acid groups (broad SMARTS) is 3. The van der Waals surface area contributed by atoms with Gasteiger partial charge in [0.25, 0.3) is 0 Å². The molecule has 0 atom stereocenters. The van der Waals surface area contributed by atoms with Crippen molar-refractivity contribution < 1.29 is 128 Å². The molecule has 0 saturated heterocycles. The third-order valence-electron chi connectivity index (χ3n) is 13.7. The van der Waals surface area contributed by atoms with E-state index in [-0.39, 0.29) is 81.7 Å². The summed E-state index contributed by atoms with van der Waals surface area (Å²) in [6, 6.07) is 23.0. The second-order valence-electron chi connectivity index (χ2n) is 19.1. The van der Waals surface area contributed by atoms with Crippen LogP contribution < -0.4 is 44.7 Å². The van der Waals surface area contributed by atoms with Crippen molar-refractivity contribution in [1.82, 2.24) is 0 Å². The maximum atomic E-state index is 13.9. The molecule has 0 amide bonds. The number of benzene rings is 8. The summed E-state index contributed by atoms with van der Waals surface area (Å²) in [7, 11) is -1.95. The smallest absolute Gasteiger partial charge is 0.497 e. The molecule has 92 heavy (non-hydrogen) atoms. The number of carbonyl (C=O) groups is 3. The van der Waals surface area contributed by atoms with Gasteiger partial charge >= 0.3 is 53.8 Å². The molecule has 0 heterocycles. The number of hydrogen-bond acceptors (Lipinski definition) is 14. The Kier molecular flexibility index (Phi) is 16.9. The number of halogens is 12. The van der Waals surface area contributed by atoms with Gasteiger partial charge in [-0.1, -0.05) is 36.4 Å². The van der Waals surface area contributed by atoms with E-state index in [1.807, 2.05) is 0 Å². The number of methoxy groups -OCH3 is 2. The SMILES string of the molecule is COc1ccc(-c2c(C(=O)O)c(-c3ccc(OC(F)(F)F)cc3)c(C(=O)O)c(-c3ccc(OC(F)(F)F)cc3)c2C(=O)O)cc1.COc1ccc2c(c1)c(=O)c1c2c2c(=O)c3cc(OC(F)(F)F)ccc3c2c2c(=O)c3cc(OC(F)(F)F)ccc3c12.O=S(=O)(O)O. The zero-order valence-corrected chi connectivity index (χ0v) is 46.3. The summed E-state index contributed by atoms with van der Waals surface area (Å²) in [6.45, 7) is 0. The van der Waals surface area contributed by atoms with Gasteiger partial charge in [0.2, 0.25) is 0 Å². The van der Waals surface area contributed by atoms with Gasteiger partial charge in [0.05, 0.1) is 30.9 Å². The predicted octanol–water partition coefficient (Wildman–Crippen LogP) is 13.7. The lowest BCUT2D eigenvalue weighted by Gasteiger charge is -2.23. The average molecular weight is 1320 g/mol. The molecule has 11 aromatic carbocycles. The number of fused-ring (bicyclic) bond motifs is 12. The van der Waals surface area contributed by atoms with Gasteiger partial charge in [-0.25, -0.2) is 14.4 Å². The van der Waals surface area contributed by atoms with Gasteiger partial charge in [-0.05, 0) is 124 Å². The lowest BCUT2D eigenvalue weighted by atomic mass is 9.79. The fourth-order valence-corrected chi connectivity index (χ4v) is 10.6. The van der Waals surface area contributed by atoms with E-state index in [1.54, 1.807) is 12.1 Å². The van der Waals surface area contributed by atoms with Crippen LogP contribution in [-0.2, 0) is 10.4 Å². The van der Waals surface area contributed by atoms with Gasteiger partial charge in [0, 0.05) is 65.2 Å². The highest BCUT2D eigenvalue weighted by molar-refractivity contribution is 7.79. The largest absolute Gasteiger partial charge is 0.573 e. The van der Waals surface area contributed by atoms with E-state index >= 15 is 0 Å². The fourth-order valence-electron chi connectivity index (χ4n) is 10.6. The zero-order valence-electron chi connectivity index (χ0n) is 45.5. The molecule has 0 radical (unpaired) electrons. The molecule has 0 unspecified atom stereocenters. The van der Waals surface area contributed by atoms with Crippen molar-refractivity contribution in [3.05, 3.63) is 175 Å². The van der Waals surface area contributed by atoms with Crippen molar-refractivity contribution >= 4 is 92.9 Å². The Bertz CT molecular complexity index is 4950. The molecule has 19 nitrogen and oxygen atoms in total. The topological polar surface area (TPSA) is 293 Å². The lowest BCUT2D eigenvalue weighted by Crippen LogP contribution is -2.18. The molecule has 0 aliphatic rings. The van der Waals surface area contributed by atoms with E-state index < -0.39 is 126 Å². The molecule has 476 valence electrons. The second-order valence-corrected chi connectivity index (χ2v) is 20.0. The highest BCUT2D eigenvalue weighted by Gasteiger charge is 2.38. The molecule has 32 heteroatoms. The number of rotatable bonds is 12. The molecular formula is C60H32F12O19S. The van der Waals surface area contributed by atoms with Crippen LogP contribution >= 0.6 is 0 Å². The molecule has 0 fully saturated rings. The van der Waals surface area contributed by atoms with Gasteiger partial charge in [-0.15, -0.1) is 52.7 Å². The van der Waals surface area contributed by atoms with Gasteiger partial charge in [-0.2, -0.15) is 8.42 Å². The first kappa shape index (κ1) is 65.5. The van der Waals surface area contributed by atoms with Crippen molar-refractivity contribution in [3.8, 4) is 67.9 Å². The molecule has 5 N–H and O–H groups in total. The summed E-state index contributed by atoms with van der Waals surface area (Å²) < 4.78 is 212. The van der Waals surface area contributed by atoms with E-state index in [4.69, 9.17) is 27.0 Å². The van der Waals surface area contributed by atoms with Gasteiger partial charge in [-0.3, -0.25) is 23.5 Å². The van der Waals surface area contributed by atoms with Crippen LogP contribution in [-0.4, -0.2) is 90.4 Å². The van der Waals surface area contributed by atoms with Crippen LogP contribution in [0.5, 0.6) is 34.5 Å². The first-order chi connectivity index (χ1) is 42.8. The maximum absolute atomic E-state index is 13.9. The Labute approximate surface area is 502 Å². The Hall–Kier alpha value is -11.0. The van der Waals surface area contributed by atoms with E-state index in [0.29, 0.717) is 11.1 Å². The third kappa shape index (κ3) is 13.3.